The van der Waals surface area contributed by atoms with Gasteiger partial charge in [-0.05, 0) is 36.4 Å². The standard InChI is InChI=1S/C16H11ClFNO2/c17-13-4-1-12(10-19)16(9-13)21-8-7-15(20)11-2-5-14(18)6-3-11/h1-6,9H,7-8H2. The number of ether oxygens (including phenoxy) is 1. The molecule has 2 aromatic carbocycles. The van der Waals surface area contributed by atoms with Gasteiger partial charge in [-0.1, -0.05) is 11.6 Å². The lowest BCUT2D eigenvalue weighted by molar-refractivity contribution is 0.0962. The van der Waals surface area contributed by atoms with E-state index in [2.05, 4.69) is 0 Å². The average molecular weight is 304 g/mol. The summed E-state index contributed by atoms with van der Waals surface area (Å²) >= 11 is 5.83. The van der Waals surface area contributed by atoms with E-state index in [1.165, 1.54) is 30.3 Å². The van der Waals surface area contributed by atoms with Crippen molar-refractivity contribution in [3.63, 3.8) is 0 Å². The summed E-state index contributed by atoms with van der Waals surface area (Å²) in [7, 11) is 0. The monoisotopic (exact) mass is 303 g/mol. The average Bonchev–Trinajstić information content (AvgIpc) is 2.48. The van der Waals surface area contributed by atoms with E-state index in [0.29, 0.717) is 21.9 Å². The molecule has 106 valence electrons. The maximum Gasteiger partial charge on any atom is 0.166 e. The zero-order valence-corrected chi connectivity index (χ0v) is 11.7. The SMILES string of the molecule is N#Cc1ccc(Cl)cc1OCCC(=O)c1ccc(F)cc1. The van der Waals surface area contributed by atoms with Crippen molar-refractivity contribution in [1.82, 2.24) is 0 Å². The van der Waals surface area contributed by atoms with Gasteiger partial charge < -0.3 is 4.74 Å². The fraction of sp³-hybridized carbons (Fsp3) is 0.125. The Kier molecular flexibility index (Phi) is 4.91. The van der Waals surface area contributed by atoms with Crippen molar-refractivity contribution in [3.8, 4) is 11.8 Å². The third-order valence-corrected chi connectivity index (χ3v) is 3.05. The maximum atomic E-state index is 12.8. The first kappa shape index (κ1) is 15.0. The molecule has 0 aliphatic rings. The smallest absolute Gasteiger partial charge is 0.166 e. The van der Waals surface area contributed by atoms with Crippen LogP contribution in [-0.4, -0.2) is 12.4 Å². The molecule has 0 aliphatic carbocycles. The second-order valence-corrected chi connectivity index (χ2v) is 4.72. The predicted octanol–water partition coefficient (Wildman–Crippen LogP) is 4.00. The Bertz CT molecular complexity index is 692. The predicted molar refractivity (Wildman–Crippen MR) is 77.0 cm³/mol. The summed E-state index contributed by atoms with van der Waals surface area (Å²) < 4.78 is 18.2. The highest BCUT2D eigenvalue weighted by Crippen LogP contribution is 2.23. The van der Waals surface area contributed by atoms with E-state index >= 15 is 0 Å². The van der Waals surface area contributed by atoms with Gasteiger partial charge in [0, 0.05) is 23.1 Å². The molecule has 0 spiro atoms. The highest BCUT2D eigenvalue weighted by Gasteiger charge is 2.08. The minimum atomic E-state index is -0.389. The summed E-state index contributed by atoms with van der Waals surface area (Å²) in [5.41, 5.74) is 0.778. The minimum Gasteiger partial charge on any atom is -0.492 e. The van der Waals surface area contributed by atoms with Gasteiger partial charge in [0.2, 0.25) is 0 Å². The van der Waals surface area contributed by atoms with Crippen molar-refractivity contribution < 1.29 is 13.9 Å². The molecule has 2 rings (SSSR count). The summed E-state index contributed by atoms with van der Waals surface area (Å²) in [5.74, 6) is -0.201. The van der Waals surface area contributed by atoms with Crippen molar-refractivity contribution in [2.75, 3.05) is 6.61 Å². The Labute approximate surface area is 126 Å². The van der Waals surface area contributed by atoms with E-state index in [4.69, 9.17) is 21.6 Å². The van der Waals surface area contributed by atoms with Crippen LogP contribution in [0.5, 0.6) is 5.75 Å². The molecule has 0 saturated heterocycles. The Morgan fingerprint density at radius 1 is 1.24 bits per heavy atom. The highest BCUT2D eigenvalue weighted by molar-refractivity contribution is 6.30. The van der Waals surface area contributed by atoms with Crippen LogP contribution in [0.2, 0.25) is 5.02 Å². The molecular formula is C16H11ClFNO2. The number of Topliss-reactive ketones (excluding diaryl/α,β-unsaturated/α-hetero) is 1. The molecule has 0 heterocycles. The molecule has 0 fully saturated rings. The largest absolute Gasteiger partial charge is 0.492 e. The topological polar surface area (TPSA) is 50.1 Å². The molecule has 0 unspecified atom stereocenters. The van der Waals surface area contributed by atoms with E-state index in [0.717, 1.165) is 0 Å². The van der Waals surface area contributed by atoms with E-state index in [1.54, 1.807) is 12.1 Å². The number of hydrogen-bond donors (Lipinski definition) is 0. The van der Waals surface area contributed by atoms with Crippen molar-refractivity contribution in [2.24, 2.45) is 0 Å². The van der Waals surface area contributed by atoms with Crippen molar-refractivity contribution >= 4 is 17.4 Å². The zero-order chi connectivity index (χ0) is 15.2. The van der Waals surface area contributed by atoms with Gasteiger partial charge in [-0.15, -0.1) is 0 Å². The summed E-state index contributed by atoms with van der Waals surface area (Å²) in [6.07, 6.45) is 0.128. The van der Waals surface area contributed by atoms with Crippen LogP contribution in [-0.2, 0) is 0 Å². The molecule has 3 nitrogen and oxygen atoms in total. The quantitative estimate of drug-likeness (QED) is 0.784. The number of benzene rings is 2. The second-order valence-electron chi connectivity index (χ2n) is 4.28. The Morgan fingerprint density at radius 3 is 2.62 bits per heavy atom. The molecule has 0 amide bonds. The van der Waals surface area contributed by atoms with Gasteiger partial charge in [0.1, 0.15) is 17.6 Å². The van der Waals surface area contributed by atoms with Crippen molar-refractivity contribution in [2.45, 2.75) is 6.42 Å². The Balaban J connectivity index is 1.95. The summed E-state index contributed by atoms with van der Waals surface area (Å²) in [6.45, 7) is 0.116. The Morgan fingerprint density at radius 2 is 1.95 bits per heavy atom. The van der Waals surface area contributed by atoms with E-state index in [1.807, 2.05) is 6.07 Å². The van der Waals surface area contributed by atoms with Crippen LogP contribution in [0.4, 0.5) is 4.39 Å². The molecule has 2 aromatic rings. The molecule has 0 bridgehead atoms. The number of ketones is 1. The fourth-order valence-electron chi connectivity index (χ4n) is 1.74. The molecular weight excluding hydrogens is 293 g/mol. The molecule has 5 heteroatoms. The van der Waals surface area contributed by atoms with Crippen LogP contribution < -0.4 is 4.74 Å². The number of carbonyl (C=O) groups is 1. The lowest BCUT2D eigenvalue weighted by Gasteiger charge is -2.08. The number of nitriles is 1. The van der Waals surface area contributed by atoms with Gasteiger partial charge in [0.15, 0.2) is 5.78 Å². The maximum absolute atomic E-state index is 12.8. The van der Waals surface area contributed by atoms with Crippen LogP contribution in [0.25, 0.3) is 0 Å². The summed E-state index contributed by atoms with van der Waals surface area (Å²) in [6, 6.07) is 12.0. The zero-order valence-electron chi connectivity index (χ0n) is 11.0. The van der Waals surface area contributed by atoms with Crippen LogP contribution in [0.1, 0.15) is 22.3 Å². The number of nitrogens with zero attached hydrogens (tertiary/aromatic N) is 1. The van der Waals surface area contributed by atoms with Gasteiger partial charge >= 0.3 is 0 Å². The summed E-state index contributed by atoms with van der Waals surface area (Å²) in [4.78, 5) is 11.9. The first-order chi connectivity index (χ1) is 10.1. The normalized spacial score (nSPS) is 9.95. The number of carbonyl (C=O) groups excluding carboxylic acids is 1. The number of halogens is 2. The van der Waals surface area contributed by atoms with Crippen molar-refractivity contribution in [3.05, 3.63) is 64.4 Å². The molecule has 0 aliphatic heterocycles. The van der Waals surface area contributed by atoms with Gasteiger partial charge in [0.25, 0.3) is 0 Å². The lowest BCUT2D eigenvalue weighted by atomic mass is 10.1. The van der Waals surface area contributed by atoms with E-state index < -0.39 is 0 Å². The minimum absolute atomic E-state index is 0.116. The number of rotatable bonds is 5. The molecule has 0 radical (unpaired) electrons. The van der Waals surface area contributed by atoms with Crippen LogP contribution in [0.15, 0.2) is 42.5 Å². The van der Waals surface area contributed by atoms with Gasteiger partial charge in [-0.25, -0.2) is 4.39 Å². The third kappa shape index (κ3) is 4.04. The first-order valence-electron chi connectivity index (χ1n) is 6.21. The van der Waals surface area contributed by atoms with E-state index in [-0.39, 0.29) is 24.6 Å². The molecule has 0 saturated carbocycles. The van der Waals surface area contributed by atoms with Crippen molar-refractivity contribution in [1.29, 1.82) is 5.26 Å². The fourth-order valence-corrected chi connectivity index (χ4v) is 1.90. The lowest BCUT2D eigenvalue weighted by Crippen LogP contribution is -2.07. The van der Waals surface area contributed by atoms with Gasteiger partial charge in [-0.2, -0.15) is 5.26 Å². The van der Waals surface area contributed by atoms with Crippen LogP contribution in [0, 0.1) is 17.1 Å². The molecule has 21 heavy (non-hydrogen) atoms. The van der Waals surface area contributed by atoms with Crippen LogP contribution in [0.3, 0.4) is 0 Å². The molecule has 0 N–H and O–H groups in total. The van der Waals surface area contributed by atoms with E-state index in [9.17, 15) is 9.18 Å². The summed E-state index contributed by atoms with van der Waals surface area (Å²) in [5, 5.41) is 9.40. The highest BCUT2D eigenvalue weighted by atomic mass is 35.5. The van der Waals surface area contributed by atoms with Crippen LogP contribution >= 0.6 is 11.6 Å². The first-order valence-corrected chi connectivity index (χ1v) is 6.59. The van der Waals surface area contributed by atoms with Gasteiger partial charge in [-0.3, -0.25) is 4.79 Å². The molecule has 0 atom stereocenters. The second kappa shape index (κ2) is 6.87. The molecule has 0 aromatic heterocycles. The Hall–Kier alpha value is -2.38. The van der Waals surface area contributed by atoms with Gasteiger partial charge in [0.05, 0.1) is 12.2 Å². The number of hydrogen-bond acceptors (Lipinski definition) is 3. The third-order valence-electron chi connectivity index (χ3n) is 2.82.